The lowest BCUT2D eigenvalue weighted by molar-refractivity contribution is -0.248. The van der Waals surface area contributed by atoms with Gasteiger partial charge in [0.05, 0.1) is 55.3 Å². The van der Waals surface area contributed by atoms with Crippen LogP contribution in [0.3, 0.4) is 0 Å². The van der Waals surface area contributed by atoms with Crippen LogP contribution in [0.15, 0.2) is 71.9 Å². The van der Waals surface area contributed by atoms with Crippen molar-refractivity contribution in [2.75, 3.05) is 13.7 Å². The summed E-state index contributed by atoms with van der Waals surface area (Å²) >= 11 is 0. The summed E-state index contributed by atoms with van der Waals surface area (Å²) in [6, 6.07) is 13.9. The smallest absolute Gasteiger partial charge is 0.335 e. The topological polar surface area (TPSA) is 240 Å². The van der Waals surface area contributed by atoms with Crippen LogP contribution in [0.5, 0.6) is 5.75 Å². The van der Waals surface area contributed by atoms with Gasteiger partial charge in [-0.3, -0.25) is 14.2 Å². The molecule has 1 saturated heterocycles. The molecule has 5 rings (SSSR count). The highest BCUT2D eigenvalue weighted by molar-refractivity contribution is 5.95. The van der Waals surface area contributed by atoms with Crippen molar-refractivity contribution < 1.29 is 44.6 Å². The number of aliphatic hydroxyl groups excluding tert-OH is 4. The van der Waals surface area contributed by atoms with Gasteiger partial charge >= 0.3 is 5.97 Å². The van der Waals surface area contributed by atoms with E-state index in [0.717, 1.165) is 16.9 Å². The Bertz CT molecular complexity index is 1680. The molecule has 0 spiro atoms. The molecule has 1 fully saturated rings. The number of hydrogen-bond donors (Lipinski definition) is 7. The van der Waals surface area contributed by atoms with Gasteiger partial charge in [0.25, 0.3) is 11.5 Å². The minimum absolute atomic E-state index is 0.110. The average Bonchev–Trinajstić information content (AvgIpc) is 3.06. The molecule has 238 valence electrons. The van der Waals surface area contributed by atoms with Crippen molar-refractivity contribution >= 4 is 22.8 Å². The maximum atomic E-state index is 13.0. The van der Waals surface area contributed by atoms with Crippen LogP contribution in [-0.2, 0) is 17.8 Å². The molecule has 45 heavy (non-hydrogen) atoms. The highest BCUT2D eigenvalue weighted by atomic mass is 16.6. The minimum atomic E-state index is -1.35. The molecule has 2 aromatic heterocycles. The number of pyridine rings is 1. The number of carboxylic acids is 1. The first-order valence-corrected chi connectivity index (χ1v) is 13.7. The summed E-state index contributed by atoms with van der Waals surface area (Å²) in [5.41, 5.74) is 7.23. The number of nitrogens with one attached hydrogen (secondary N) is 1. The number of nitrogens with two attached hydrogens (primary N) is 1. The van der Waals surface area contributed by atoms with Crippen LogP contribution in [-0.4, -0.2) is 96.3 Å². The third-order valence-electron chi connectivity index (χ3n) is 7.06. The van der Waals surface area contributed by atoms with E-state index in [0.29, 0.717) is 12.1 Å². The highest BCUT2D eigenvalue weighted by Crippen LogP contribution is 2.18. The van der Waals surface area contributed by atoms with Crippen molar-refractivity contribution in [1.29, 1.82) is 0 Å². The van der Waals surface area contributed by atoms with Gasteiger partial charge in [0.2, 0.25) is 0 Å². The first kappa shape index (κ1) is 33.1. The molecule has 0 radical (unpaired) electrons. The normalized spacial score (nSPS) is 21.0. The predicted molar refractivity (Wildman–Crippen MR) is 158 cm³/mol. The summed E-state index contributed by atoms with van der Waals surface area (Å²) < 4.78 is 11.2. The SMILES string of the molecule is COc1ccc(CNC(=O)c2cc3c(=O)n(Cc4ccc(C(=O)O)cc4)cnc3cn2)cc1.N[C@@H]1[C@@H](O)[C@H](O)[C@@H](CO)O[C@H]1O. The standard InChI is InChI=1S/C24H20N4O5.C6H13NO5/c1-33-18-8-4-15(5-9-18)11-26-22(29)20-10-19-21(12-25-20)27-14-28(23(19)30)13-16-2-6-17(7-3-16)24(31)32;7-3-5(10)4(9)2(1-8)12-6(3)11/h2-10,12,14H,11,13H2,1H3,(H,26,29)(H,31,32);2-6,8-11H,1,7H2/t;2-,3-,4-,5-,6-/m.1/s1. The van der Waals surface area contributed by atoms with Gasteiger partial charge in [0.15, 0.2) is 6.29 Å². The van der Waals surface area contributed by atoms with Crippen LogP contribution in [0, 0.1) is 0 Å². The van der Waals surface area contributed by atoms with E-state index in [2.05, 4.69) is 15.3 Å². The molecule has 2 aromatic carbocycles. The van der Waals surface area contributed by atoms with Crippen LogP contribution >= 0.6 is 0 Å². The van der Waals surface area contributed by atoms with Gasteiger partial charge < -0.3 is 46.1 Å². The molecule has 15 heteroatoms. The average molecular weight is 624 g/mol. The number of nitrogens with zero attached hydrogens (tertiary/aromatic N) is 3. The number of benzene rings is 2. The molecule has 4 aromatic rings. The number of ether oxygens (including phenoxy) is 2. The van der Waals surface area contributed by atoms with E-state index in [1.165, 1.54) is 35.3 Å². The molecule has 1 aliphatic heterocycles. The van der Waals surface area contributed by atoms with E-state index in [1.807, 2.05) is 12.1 Å². The van der Waals surface area contributed by atoms with Gasteiger partial charge in [-0.15, -0.1) is 0 Å². The quantitative estimate of drug-likeness (QED) is 0.128. The summed E-state index contributed by atoms with van der Waals surface area (Å²) in [7, 11) is 1.58. The predicted octanol–water partition coefficient (Wildman–Crippen LogP) is -0.778. The second-order valence-electron chi connectivity index (χ2n) is 10.1. The van der Waals surface area contributed by atoms with E-state index in [4.69, 9.17) is 30.5 Å². The summed E-state index contributed by atoms with van der Waals surface area (Å²) in [4.78, 5) is 45.0. The van der Waals surface area contributed by atoms with Crippen LogP contribution in [0.25, 0.3) is 10.9 Å². The number of amides is 1. The van der Waals surface area contributed by atoms with Crippen molar-refractivity contribution in [1.82, 2.24) is 19.9 Å². The van der Waals surface area contributed by atoms with E-state index in [9.17, 15) is 24.6 Å². The molecular weight excluding hydrogens is 590 g/mol. The Balaban J connectivity index is 0.000000323. The monoisotopic (exact) mass is 623 g/mol. The summed E-state index contributed by atoms with van der Waals surface area (Å²) in [5.74, 6) is -0.703. The molecule has 3 heterocycles. The Hall–Kier alpha value is -4.77. The Morgan fingerprint density at radius 3 is 2.31 bits per heavy atom. The van der Waals surface area contributed by atoms with Gasteiger partial charge in [-0.05, 0) is 41.5 Å². The highest BCUT2D eigenvalue weighted by Gasteiger charge is 2.41. The fourth-order valence-electron chi connectivity index (χ4n) is 4.38. The zero-order valence-electron chi connectivity index (χ0n) is 24.1. The fourth-order valence-corrected chi connectivity index (χ4v) is 4.38. The van der Waals surface area contributed by atoms with E-state index in [1.54, 1.807) is 31.4 Å². The van der Waals surface area contributed by atoms with Crippen molar-refractivity contribution in [3.8, 4) is 5.75 Å². The first-order valence-electron chi connectivity index (χ1n) is 13.7. The first-order chi connectivity index (χ1) is 21.5. The zero-order valence-corrected chi connectivity index (χ0v) is 24.1. The third-order valence-corrected chi connectivity index (χ3v) is 7.06. The van der Waals surface area contributed by atoms with Gasteiger partial charge in [0.1, 0.15) is 29.8 Å². The molecule has 5 atom stereocenters. The number of aromatic nitrogens is 3. The van der Waals surface area contributed by atoms with E-state index in [-0.39, 0.29) is 28.7 Å². The van der Waals surface area contributed by atoms with E-state index >= 15 is 0 Å². The Morgan fingerprint density at radius 2 is 1.69 bits per heavy atom. The molecule has 0 unspecified atom stereocenters. The van der Waals surface area contributed by atoms with Crippen LogP contribution in [0.2, 0.25) is 0 Å². The lowest BCUT2D eigenvalue weighted by atomic mass is 9.98. The van der Waals surface area contributed by atoms with E-state index < -0.39 is 49.1 Å². The number of aromatic carboxylic acids is 1. The van der Waals surface area contributed by atoms with Gasteiger partial charge in [-0.1, -0.05) is 24.3 Å². The number of fused-ring (bicyclic) bond motifs is 1. The number of hydrogen-bond acceptors (Lipinski definition) is 12. The second kappa shape index (κ2) is 14.8. The van der Waals surface area contributed by atoms with Crippen molar-refractivity contribution in [3.63, 3.8) is 0 Å². The third kappa shape index (κ3) is 8.04. The molecule has 8 N–H and O–H groups in total. The fraction of sp³-hybridized carbons (Fsp3) is 0.300. The maximum Gasteiger partial charge on any atom is 0.335 e. The Morgan fingerprint density at radius 1 is 1.02 bits per heavy atom. The van der Waals surface area contributed by atoms with Crippen molar-refractivity contribution in [2.24, 2.45) is 5.73 Å². The number of carbonyl (C=O) groups is 2. The molecule has 0 saturated carbocycles. The van der Waals surface area contributed by atoms with Gasteiger partial charge in [-0.2, -0.15) is 0 Å². The van der Waals surface area contributed by atoms with Crippen LogP contribution in [0.1, 0.15) is 32.0 Å². The summed E-state index contributed by atoms with van der Waals surface area (Å²) in [6.07, 6.45) is -2.05. The summed E-state index contributed by atoms with van der Waals surface area (Å²) in [6.45, 7) is 0.0388. The number of rotatable bonds is 8. The van der Waals surface area contributed by atoms with Crippen molar-refractivity contribution in [2.45, 2.75) is 43.7 Å². The van der Waals surface area contributed by atoms with Crippen LogP contribution < -0.4 is 21.3 Å². The zero-order chi connectivity index (χ0) is 32.7. The molecule has 15 nitrogen and oxygen atoms in total. The van der Waals surface area contributed by atoms with Gasteiger partial charge in [-0.25, -0.2) is 14.8 Å². The van der Waals surface area contributed by atoms with Crippen molar-refractivity contribution in [3.05, 3.63) is 99.9 Å². The molecule has 0 bridgehead atoms. The number of methoxy groups -OCH3 is 1. The minimum Gasteiger partial charge on any atom is -0.497 e. The Labute approximate surface area is 256 Å². The number of carbonyl (C=O) groups excluding carboxylic acids is 1. The largest absolute Gasteiger partial charge is 0.497 e. The summed E-state index contributed by atoms with van der Waals surface area (Å²) in [5, 5.41) is 48.1. The number of carboxylic acid groups (broad SMARTS) is 1. The molecule has 1 aliphatic rings. The molecule has 0 aliphatic carbocycles. The molecule has 1 amide bonds. The van der Waals surface area contributed by atoms with Crippen LogP contribution in [0.4, 0.5) is 0 Å². The lowest BCUT2D eigenvalue weighted by Crippen LogP contribution is -2.61. The molecular formula is C30H33N5O10. The maximum absolute atomic E-state index is 13.0. The lowest BCUT2D eigenvalue weighted by Gasteiger charge is -2.38. The number of aliphatic hydroxyl groups is 4. The van der Waals surface area contributed by atoms with Gasteiger partial charge in [0, 0.05) is 6.54 Å². The Kier molecular flexibility index (Phi) is 10.9. The second-order valence-corrected chi connectivity index (χ2v) is 10.1.